The summed E-state index contributed by atoms with van der Waals surface area (Å²) < 4.78 is 12.0. The molecule has 1 aliphatic carbocycles. The van der Waals surface area contributed by atoms with Crippen LogP contribution in [-0.2, 0) is 19.2 Å². The van der Waals surface area contributed by atoms with Crippen molar-refractivity contribution in [3.63, 3.8) is 0 Å². The number of hydrogen-bond acceptors (Lipinski definition) is 4. The molecule has 0 aromatic heterocycles. The first-order valence-electron chi connectivity index (χ1n) is 7.42. The van der Waals surface area contributed by atoms with Crippen molar-refractivity contribution in [2.45, 2.75) is 64.1 Å². The second-order valence-corrected chi connectivity index (χ2v) is 6.85. The molecule has 0 amide bonds. The average Bonchev–Trinajstić information content (AvgIpc) is 2.61. The van der Waals surface area contributed by atoms with Gasteiger partial charge >= 0.3 is 0 Å². The van der Waals surface area contributed by atoms with Crippen LogP contribution in [0.5, 0.6) is 0 Å². The Kier molecular flexibility index (Phi) is 2.40. The van der Waals surface area contributed by atoms with Gasteiger partial charge in [-0.1, -0.05) is 6.92 Å². The van der Waals surface area contributed by atoms with Crippen LogP contribution in [-0.4, -0.2) is 17.7 Å². The molecule has 4 heterocycles. The highest BCUT2D eigenvalue weighted by Gasteiger charge is 2.67. The summed E-state index contributed by atoms with van der Waals surface area (Å²) in [6.07, 6.45) is 5.87. The summed E-state index contributed by atoms with van der Waals surface area (Å²) in [5.74, 6) is 0.775. The lowest BCUT2D eigenvalue weighted by molar-refractivity contribution is -0.555. The van der Waals surface area contributed by atoms with E-state index in [-0.39, 0.29) is 6.29 Å². The van der Waals surface area contributed by atoms with Crippen LogP contribution in [0.2, 0.25) is 0 Å². The zero-order valence-corrected chi connectivity index (χ0v) is 11.8. The third-order valence-electron chi connectivity index (χ3n) is 5.65. The molecule has 19 heavy (non-hydrogen) atoms. The van der Waals surface area contributed by atoms with E-state index >= 15 is 0 Å². The summed E-state index contributed by atoms with van der Waals surface area (Å²) in [4.78, 5) is 11.7. The molecule has 1 spiro atoms. The summed E-state index contributed by atoms with van der Waals surface area (Å²) in [5, 5.41) is 0. The van der Waals surface area contributed by atoms with E-state index in [1.165, 1.54) is 12.0 Å². The summed E-state index contributed by atoms with van der Waals surface area (Å²) in [7, 11) is 0. The Labute approximate surface area is 114 Å². The van der Waals surface area contributed by atoms with E-state index in [1.54, 1.807) is 0 Å². The third-order valence-corrected chi connectivity index (χ3v) is 5.65. The minimum absolute atomic E-state index is 0.324. The summed E-state index contributed by atoms with van der Waals surface area (Å²) >= 11 is 0. The van der Waals surface area contributed by atoms with Crippen molar-refractivity contribution in [2.24, 2.45) is 17.8 Å². The van der Waals surface area contributed by atoms with Gasteiger partial charge in [0.05, 0.1) is 6.26 Å². The molecule has 4 aliphatic heterocycles. The maximum absolute atomic E-state index is 6.11. The number of hydrogen-bond donors (Lipinski definition) is 0. The fraction of sp³-hybridized carbons (Fsp3) is 0.867. The van der Waals surface area contributed by atoms with Crippen LogP contribution < -0.4 is 0 Å². The Hall–Kier alpha value is -0.580. The lowest BCUT2D eigenvalue weighted by Crippen LogP contribution is -2.66. The van der Waals surface area contributed by atoms with Crippen molar-refractivity contribution < 1.29 is 19.2 Å². The topological polar surface area (TPSA) is 36.9 Å². The van der Waals surface area contributed by atoms with E-state index in [4.69, 9.17) is 19.2 Å². The van der Waals surface area contributed by atoms with E-state index in [0.717, 1.165) is 19.3 Å². The molecule has 4 nitrogen and oxygen atoms in total. The van der Waals surface area contributed by atoms with Crippen molar-refractivity contribution in [1.82, 2.24) is 0 Å². The van der Waals surface area contributed by atoms with Crippen molar-refractivity contribution in [3.05, 3.63) is 11.8 Å². The molecule has 3 unspecified atom stereocenters. The third kappa shape index (κ3) is 1.45. The number of fused-ring (bicyclic) bond motifs is 2. The standard InChI is InChI=1S/C15H22O4/c1-9-4-5-11-10(2)8-16-13-15(11)12(9)6-7-14(3,17-13)18-19-15/h8-9,11-13H,4-7H2,1-3H3/t9-,11?,12?,13-,14?,15+/m1/s1. The SMILES string of the molecule is CC1=CO[C@@H]2OC3(C)CCC4[C@H](C)CCC1[C@]42OO3. The molecule has 0 aromatic rings. The van der Waals surface area contributed by atoms with Gasteiger partial charge in [-0.2, -0.15) is 0 Å². The van der Waals surface area contributed by atoms with E-state index in [9.17, 15) is 0 Å². The lowest BCUT2D eigenvalue weighted by Gasteiger charge is -2.56. The summed E-state index contributed by atoms with van der Waals surface area (Å²) in [6, 6.07) is 0. The minimum atomic E-state index is -0.656. The molecule has 3 saturated heterocycles. The van der Waals surface area contributed by atoms with E-state index in [0.29, 0.717) is 17.8 Å². The van der Waals surface area contributed by atoms with Crippen molar-refractivity contribution in [3.8, 4) is 0 Å². The van der Waals surface area contributed by atoms with Crippen LogP contribution in [0.15, 0.2) is 11.8 Å². The van der Waals surface area contributed by atoms with Crippen LogP contribution in [0.1, 0.15) is 46.5 Å². The van der Waals surface area contributed by atoms with Crippen molar-refractivity contribution >= 4 is 0 Å². The molecule has 5 aliphatic rings. The first-order valence-corrected chi connectivity index (χ1v) is 7.42. The molecule has 5 rings (SSSR count). The van der Waals surface area contributed by atoms with E-state index < -0.39 is 11.4 Å². The van der Waals surface area contributed by atoms with Gasteiger partial charge in [-0.25, -0.2) is 9.78 Å². The molecule has 0 N–H and O–H groups in total. The lowest BCUT2D eigenvalue weighted by atomic mass is 9.60. The van der Waals surface area contributed by atoms with Gasteiger partial charge < -0.3 is 9.47 Å². The number of rotatable bonds is 0. The summed E-state index contributed by atoms with van der Waals surface area (Å²) in [6.45, 7) is 6.40. The Morgan fingerprint density at radius 1 is 1.21 bits per heavy atom. The predicted molar refractivity (Wildman–Crippen MR) is 67.6 cm³/mol. The van der Waals surface area contributed by atoms with Crippen LogP contribution >= 0.6 is 0 Å². The predicted octanol–water partition coefficient (Wildman–Crippen LogP) is 3.14. The van der Waals surface area contributed by atoms with Gasteiger partial charge in [0, 0.05) is 18.3 Å². The highest BCUT2D eigenvalue weighted by atomic mass is 17.3. The van der Waals surface area contributed by atoms with Crippen LogP contribution in [0, 0.1) is 17.8 Å². The van der Waals surface area contributed by atoms with Crippen molar-refractivity contribution in [1.29, 1.82) is 0 Å². The molecule has 106 valence electrons. The second-order valence-electron chi connectivity index (χ2n) is 6.85. The van der Waals surface area contributed by atoms with E-state index in [2.05, 4.69) is 13.8 Å². The monoisotopic (exact) mass is 266 g/mol. The van der Waals surface area contributed by atoms with Gasteiger partial charge in [0.15, 0.2) is 5.60 Å². The highest BCUT2D eigenvalue weighted by molar-refractivity contribution is 5.19. The molecule has 4 heteroatoms. The maximum atomic E-state index is 6.11. The minimum Gasteiger partial charge on any atom is -0.469 e. The van der Waals surface area contributed by atoms with Gasteiger partial charge in [-0.05, 0) is 44.6 Å². The average molecular weight is 266 g/mol. The molecular weight excluding hydrogens is 244 g/mol. The zero-order valence-electron chi connectivity index (χ0n) is 11.8. The molecule has 4 fully saturated rings. The van der Waals surface area contributed by atoms with Crippen molar-refractivity contribution in [2.75, 3.05) is 0 Å². The zero-order chi connectivity index (χ0) is 13.3. The quantitative estimate of drug-likeness (QED) is 0.631. The Morgan fingerprint density at radius 2 is 2.05 bits per heavy atom. The molecule has 2 bridgehead atoms. The molecular formula is C15H22O4. The van der Waals surface area contributed by atoms with Crippen LogP contribution in [0.25, 0.3) is 0 Å². The van der Waals surface area contributed by atoms with Gasteiger partial charge in [-0.3, -0.25) is 0 Å². The Balaban J connectivity index is 1.85. The second kappa shape index (κ2) is 3.74. The maximum Gasteiger partial charge on any atom is 0.235 e. The highest BCUT2D eigenvalue weighted by Crippen LogP contribution is 2.59. The van der Waals surface area contributed by atoms with Gasteiger partial charge in [0.2, 0.25) is 12.1 Å². The van der Waals surface area contributed by atoms with E-state index in [1.807, 2.05) is 13.2 Å². The fourth-order valence-electron chi connectivity index (χ4n) is 4.55. The summed E-state index contributed by atoms with van der Waals surface area (Å²) in [5.41, 5.74) is 0.817. The first kappa shape index (κ1) is 12.2. The first-order chi connectivity index (χ1) is 9.05. The van der Waals surface area contributed by atoms with Gasteiger partial charge in [0.1, 0.15) is 0 Å². The molecule has 0 aromatic carbocycles. The molecule has 6 atom stereocenters. The van der Waals surface area contributed by atoms with Gasteiger partial charge in [0.25, 0.3) is 0 Å². The molecule has 0 radical (unpaired) electrons. The normalized spacial score (nSPS) is 55.8. The number of ether oxygens (including phenoxy) is 2. The molecule has 1 saturated carbocycles. The van der Waals surface area contributed by atoms with Crippen LogP contribution in [0.4, 0.5) is 0 Å². The largest absolute Gasteiger partial charge is 0.469 e. The Bertz CT molecular complexity index is 434. The van der Waals surface area contributed by atoms with Gasteiger partial charge in [-0.15, -0.1) is 0 Å². The van der Waals surface area contributed by atoms with Crippen LogP contribution in [0.3, 0.4) is 0 Å². The Morgan fingerprint density at radius 3 is 2.89 bits per heavy atom. The smallest absolute Gasteiger partial charge is 0.235 e. The fourth-order valence-corrected chi connectivity index (χ4v) is 4.55.